The summed E-state index contributed by atoms with van der Waals surface area (Å²) >= 11 is 1.52. The Hall–Kier alpha value is -1.33. The predicted octanol–water partition coefficient (Wildman–Crippen LogP) is 2.37. The molecule has 5 heteroatoms. The molecule has 0 bridgehead atoms. The summed E-state index contributed by atoms with van der Waals surface area (Å²) in [6.07, 6.45) is 0. The number of hydrogen-bond donors (Lipinski definition) is 1. The minimum Gasteiger partial charge on any atom is -0.313 e. The van der Waals surface area contributed by atoms with Gasteiger partial charge < -0.3 is 5.32 Å². The second-order valence-corrected chi connectivity index (χ2v) is 4.55. The van der Waals surface area contributed by atoms with Crippen molar-refractivity contribution in [2.75, 3.05) is 7.05 Å². The maximum Gasteiger partial charge on any atom is 0.148 e. The fraction of sp³-hybridized carbons (Fsp3) is 0.273. The number of benzene rings is 1. The van der Waals surface area contributed by atoms with Crippen LogP contribution in [0.5, 0.6) is 0 Å². The van der Waals surface area contributed by atoms with Crippen molar-refractivity contribution in [3.05, 3.63) is 34.6 Å². The molecule has 0 saturated heterocycles. The van der Waals surface area contributed by atoms with E-state index in [1.807, 2.05) is 14.0 Å². The van der Waals surface area contributed by atoms with Gasteiger partial charge in [-0.2, -0.15) is 0 Å². The Labute approximate surface area is 97.3 Å². The van der Waals surface area contributed by atoms with Crippen molar-refractivity contribution in [2.24, 2.45) is 0 Å². The first kappa shape index (κ1) is 11.2. The van der Waals surface area contributed by atoms with E-state index in [1.54, 1.807) is 6.07 Å². The van der Waals surface area contributed by atoms with Gasteiger partial charge in [0.05, 0.1) is 0 Å². The molecule has 2 rings (SSSR count). The van der Waals surface area contributed by atoms with E-state index in [0.29, 0.717) is 6.54 Å². The Morgan fingerprint density at radius 2 is 2.19 bits per heavy atom. The summed E-state index contributed by atoms with van der Waals surface area (Å²) in [4.78, 5) is 0. The van der Waals surface area contributed by atoms with Crippen molar-refractivity contribution < 1.29 is 4.39 Å². The highest BCUT2D eigenvalue weighted by molar-refractivity contribution is 7.14. The van der Waals surface area contributed by atoms with Gasteiger partial charge in [0.25, 0.3) is 0 Å². The van der Waals surface area contributed by atoms with Gasteiger partial charge in [0.15, 0.2) is 0 Å². The van der Waals surface area contributed by atoms with Gasteiger partial charge in [-0.15, -0.1) is 10.2 Å². The van der Waals surface area contributed by atoms with Crippen LogP contribution in [0, 0.1) is 12.7 Å². The highest BCUT2D eigenvalue weighted by Gasteiger charge is 2.09. The molecule has 0 atom stereocenters. The highest BCUT2D eigenvalue weighted by Crippen LogP contribution is 2.26. The lowest BCUT2D eigenvalue weighted by molar-refractivity contribution is 0.627. The third-order valence-corrected chi connectivity index (χ3v) is 3.17. The summed E-state index contributed by atoms with van der Waals surface area (Å²) in [5.74, 6) is -0.221. The van der Waals surface area contributed by atoms with Gasteiger partial charge in [-0.05, 0) is 37.7 Å². The molecule has 1 aromatic heterocycles. The van der Waals surface area contributed by atoms with Crippen LogP contribution >= 0.6 is 11.3 Å². The van der Waals surface area contributed by atoms with Gasteiger partial charge in [-0.3, -0.25) is 0 Å². The molecule has 3 nitrogen and oxygen atoms in total. The van der Waals surface area contributed by atoms with E-state index in [4.69, 9.17) is 0 Å². The van der Waals surface area contributed by atoms with Crippen LogP contribution in [0.2, 0.25) is 0 Å². The molecule has 0 amide bonds. The quantitative estimate of drug-likeness (QED) is 0.890. The number of halogens is 1. The molecule has 0 fully saturated rings. The standard InChI is InChI=1S/C11H12FN3S/c1-7-5-8(12)3-4-9(7)11-15-14-10(16-11)6-13-2/h3-5,13H,6H2,1-2H3. The van der Waals surface area contributed by atoms with E-state index >= 15 is 0 Å². The maximum absolute atomic E-state index is 12.9. The van der Waals surface area contributed by atoms with Crippen molar-refractivity contribution in [2.45, 2.75) is 13.5 Å². The van der Waals surface area contributed by atoms with Gasteiger partial charge in [0.1, 0.15) is 15.8 Å². The Bertz CT molecular complexity index is 496. The SMILES string of the molecule is CNCc1nnc(-c2ccc(F)cc2C)s1. The van der Waals surface area contributed by atoms with Crippen LogP contribution < -0.4 is 5.32 Å². The van der Waals surface area contributed by atoms with Crippen LogP contribution in [-0.4, -0.2) is 17.2 Å². The second kappa shape index (κ2) is 4.67. The zero-order valence-corrected chi connectivity index (χ0v) is 9.94. The lowest BCUT2D eigenvalue weighted by Gasteiger charge is -2.00. The Morgan fingerprint density at radius 3 is 2.88 bits per heavy atom. The summed E-state index contributed by atoms with van der Waals surface area (Å²) in [6, 6.07) is 4.70. The first-order chi connectivity index (χ1) is 7.70. The summed E-state index contributed by atoms with van der Waals surface area (Å²) < 4.78 is 12.9. The molecular weight excluding hydrogens is 225 g/mol. The third kappa shape index (κ3) is 2.25. The molecule has 16 heavy (non-hydrogen) atoms. The minimum atomic E-state index is -0.221. The summed E-state index contributed by atoms with van der Waals surface area (Å²) in [7, 11) is 1.87. The monoisotopic (exact) mass is 237 g/mol. The number of aryl methyl sites for hydroxylation is 1. The van der Waals surface area contributed by atoms with E-state index < -0.39 is 0 Å². The van der Waals surface area contributed by atoms with Gasteiger partial charge in [0.2, 0.25) is 0 Å². The van der Waals surface area contributed by atoms with Crippen LogP contribution in [-0.2, 0) is 6.54 Å². The van der Waals surface area contributed by atoms with Gasteiger partial charge in [-0.1, -0.05) is 11.3 Å². The average molecular weight is 237 g/mol. The van der Waals surface area contributed by atoms with E-state index in [0.717, 1.165) is 21.1 Å². The number of aromatic nitrogens is 2. The number of nitrogens with one attached hydrogen (secondary N) is 1. The predicted molar refractivity (Wildman–Crippen MR) is 62.8 cm³/mol. The molecule has 1 heterocycles. The third-order valence-electron chi connectivity index (χ3n) is 2.21. The van der Waals surface area contributed by atoms with E-state index in [2.05, 4.69) is 15.5 Å². The number of hydrogen-bond acceptors (Lipinski definition) is 4. The van der Waals surface area contributed by atoms with Crippen molar-refractivity contribution in [3.8, 4) is 10.6 Å². The average Bonchev–Trinajstić information content (AvgIpc) is 2.67. The van der Waals surface area contributed by atoms with Crippen LogP contribution in [0.1, 0.15) is 10.6 Å². The fourth-order valence-electron chi connectivity index (χ4n) is 1.45. The van der Waals surface area contributed by atoms with Gasteiger partial charge >= 0.3 is 0 Å². The van der Waals surface area contributed by atoms with Crippen molar-refractivity contribution in [3.63, 3.8) is 0 Å². The number of nitrogens with zero attached hydrogens (tertiary/aromatic N) is 2. The van der Waals surface area contributed by atoms with Crippen LogP contribution in [0.3, 0.4) is 0 Å². The van der Waals surface area contributed by atoms with Crippen LogP contribution in [0.25, 0.3) is 10.6 Å². The largest absolute Gasteiger partial charge is 0.313 e. The molecule has 1 aromatic carbocycles. The highest BCUT2D eigenvalue weighted by atomic mass is 32.1. The second-order valence-electron chi connectivity index (χ2n) is 3.49. The summed E-state index contributed by atoms with van der Waals surface area (Å²) in [6.45, 7) is 2.58. The van der Waals surface area contributed by atoms with Crippen molar-refractivity contribution >= 4 is 11.3 Å². The van der Waals surface area contributed by atoms with Gasteiger partial charge in [-0.25, -0.2) is 4.39 Å². The lowest BCUT2D eigenvalue weighted by Crippen LogP contribution is -2.04. The summed E-state index contributed by atoms with van der Waals surface area (Å²) in [5, 5.41) is 12.9. The van der Waals surface area contributed by atoms with Crippen molar-refractivity contribution in [1.82, 2.24) is 15.5 Å². The normalized spacial score (nSPS) is 10.7. The summed E-state index contributed by atoms with van der Waals surface area (Å²) in [5.41, 5.74) is 1.83. The Balaban J connectivity index is 2.35. The topological polar surface area (TPSA) is 37.8 Å². The number of rotatable bonds is 3. The Morgan fingerprint density at radius 1 is 1.38 bits per heavy atom. The molecule has 0 saturated carbocycles. The van der Waals surface area contributed by atoms with Crippen LogP contribution in [0.4, 0.5) is 4.39 Å². The maximum atomic E-state index is 12.9. The fourth-order valence-corrected chi connectivity index (χ4v) is 2.39. The van der Waals surface area contributed by atoms with E-state index in [-0.39, 0.29) is 5.82 Å². The Kier molecular flexibility index (Phi) is 3.26. The van der Waals surface area contributed by atoms with E-state index in [9.17, 15) is 4.39 Å². The molecule has 0 aliphatic heterocycles. The van der Waals surface area contributed by atoms with Gasteiger partial charge in [0, 0.05) is 12.1 Å². The smallest absolute Gasteiger partial charge is 0.148 e. The van der Waals surface area contributed by atoms with E-state index in [1.165, 1.54) is 23.5 Å². The molecule has 0 unspecified atom stereocenters. The molecule has 84 valence electrons. The first-order valence-corrected chi connectivity index (χ1v) is 5.76. The van der Waals surface area contributed by atoms with Crippen LogP contribution in [0.15, 0.2) is 18.2 Å². The molecule has 0 aliphatic carbocycles. The zero-order chi connectivity index (χ0) is 11.5. The lowest BCUT2D eigenvalue weighted by atomic mass is 10.1. The van der Waals surface area contributed by atoms with Crippen molar-refractivity contribution in [1.29, 1.82) is 0 Å². The molecular formula is C11H12FN3S. The molecule has 1 N–H and O–H groups in total. The first-order valence-electron chi connectivity index (χ1n) is 4.94. The molecule has 0 spiro atoms. The molecule has 2 aromatic rings. The molecule has 0 radical (unpaired) electrons. The molecule has 0 aliphatic rings. The zero-order valence-electron chi connectivity index (χ0n) is 9.12. The minimum absolute atomic E-state index is 0.221.